The number of rotatable bonds is 5. The Kier molecular flexibility index (Phi) is 4.83. The first-order valence-electron chi connectivity index (χ1n) is 7.87. The SMILES string of the molecule is COC(=O)c1cc(CN(C)C(=O)c2ccc(-n3cncn3)cc2)oc1C. The third-order valence-corrected chi connectivity index (χ3v) is 3.91. The van der Waals surface area contributed by atoms with Crippen LogP contribution in [0.25, 0.3) is 5.69 Å². The summed E-state index contributed by atoms with van der Waals surface area (Å²) in [5.41, 5.74) is 1.71. The molecule has 8 nitrogen and oxygen atoms in total. The number of aryl methyl sites for hydroxylation is 1. The molecule has 2 aromatic heterocycles. The Labute approximate surface area is 150 Å². The highest BCUT2D eigenvalue weighted by Gasteiger charge is 2.18. The molecule has 0 atom stereocenters. The first kappa shape index (κ1) is 17.4. The summed E-state index contributed by atoms with van der Waals surface area (Å²) in [5, 5.41) is 4.04. The molecule has 134 valence electrons. The quantitative estimate of drug-likeness (QED) is 0.653. The molecule has 0 saturated heterocycles. The summed E-state index contributed by atoms with van der Waals surface area (Å²) in [7, 11) is 2.98. The van der Waals surface area contributed by atoms with Crippen molar-refractivity contribution in [3.63, 3.8) is 0 Å². The van der Waals surface area contributed by atoms with Gasteiger partial charge in [0.05, 0.1) is 19.3 Å². The number of furan rings is 1. The Morgan fingerprint density at radius 2 is 2.00 bits per heavy atom. The zero-order chi connectivity index (χ0) is 18.7. The lowest BCUT2D eigenvalue weighted by Gasteiger charge is -2.16. The average Bonchev–Trinajstić information content (AvgIpc) is 3.30. The number of esters is 1. The van der Waals surface area contributed by atoms with Gasteiger partial charge in [0.1, 0.15) is 29.7 Å². The molecule has 1 aromatic carbocycles. The van der Waals surface area contributed by atoms with E-state index in [-0.39, 0.29) is 12.5 Å². The van der Waals surface area contributed by atoms with Gasteiger partial charge in [-0.1, -0.05) is 0 Å². The summed E-state index contributed by atoms with van der Waals surface area (Å²) in [4.78, 5) is 29.6. The molecule has 0 unspecified atom stereocenters. The number of carbonyl (C=O) groups is 2. The minimum absolute atomic E-state index is 0.163. The Bertz CT molecular complexity index is 913. The van der Waals surface area contributed by atoms with Crippen molar-refractivity contribution in [3.05, 3.63) is 65.6 Å². The molecular formula is C18H18N4O4. The first-order chi connectivity index (χ1) is 12.5. The van der Waals surface area contributed by atoms with Crippen LogP contribution in [-0.4, -0.2) is 45.7 Å². The van der Waals surface area contributed by atoms with E-state index >= 15 is 0 Å². The van der Waals surface area contributed by atoms with E-state index in [2.05, 4.69) is 10.1 Å². The van der Waals surface area contributed by atoms with Crippen LogP contribution < -0.4 is 0 Å². The van der Waals surface area contributed by atoms with Crippen molar-refractivity contribution in [2.24, 2.45) is 0 Å². The van der Waals surface area contributed by atoms with E-state index in [9.17, 15) is 9.59 Å². The molecule has 0 radical (unpaired) electrons. The highest BCUT2D eigenvalue weighted by atomic mass is 16.5. The largest absolute Gasteiger partial charge is 0.465 e. The Hall–Kier alpha value is -3.42. The van der Waals surface area contributed by atoms with Crippen LogP contribution in [0.1, 0.15) is 32.2 Å². The van der Waals surface area contributed by atoms with Crippen LogP contribution in [0.15, 0.2) is 47.4 Å². The van der Waals surface area contributed by atoms with E-state index in [1.807, 2.05) is 0 Å². The van der Waals surface area contributed by atoms with Crippen molar-refractivity contribution in [2.75, 3.05) is 14.2 Å². The molecule has 0 saturated carbocycles. The third-order valence-electron chi connectivity index (χ3n) is 3.91. The smallest absolute Gasteiger partial charge is 0.341 e. The number of hydrogen-bond donors (Lipinski definition) is 0. The van der Waals surface area contributed by atoms with Gasteiger partial charge >= 0.3 is 5.97 Å². The minimum Gasteiger partial charge on any atom is -0.465 e. The van der Waals surface area contributed by atoms with E-state index in [1.54, 1.807) is 55.3 Å². The van der Waals surface area contributed by atoms with E-state index in [0.717, 1.165) is 5.69 Å². The van der Waals surface area contributed by atoms with Crippen LogP contribution in [0.4, 0.5) is 0 Å². The number of amides is 1. The van der Waals surface area contributed by atoms with Gasteiger partial charge < -0.3 is 14.1 Å². The van der Waals surface area contributed by atoms with Crippen molar-refractivity contribution >= 4 is 11.9 Å². The molecule has 26 heavy (non-hydrogen) atoms. The molecule has 2 heterocycles. The molecule has 0 fully saturated rings. The van der Waals surface area contributed by atoms with Gasteiger partial charge in [0.25, 0.3) is 5.91 Å². The second-order valence-electron chi connectivity index (χ2n) is 5.72. The predicted molar refractivity (Wildman–Crippen MR) is 91.9 cm³/mol. The lowest BCUT2D eigenvalue weighted by molar-refractivity contribution is 0.0598. The molecule has 0 aliphatic rings. The van der Waals surface area contributed by atoms with Crippen LogP contribution in [0, 0.1) is 6.92 Å². The fourth-order valence-corrected chi connectivity index (χ4v) is 2.56. The number of aromatic nitrogens is 3. The molecule has 1 amide bonds. The topological polar surface area (TPSA) is 90.5 Å². The molecule has 0 bridgehead atoms. The molecular weight excluding hydrogens is 336 g/mol. The molecule has 0 spiro atoms. The van der Waals surface area contributed by atoms with Crippen molar-refractivity contribution in [2.45, 2.75) is 13.5 Å². The molecule has 8 heteroatoms. The maximum absolute atomic E-state index is 12.6. The van der Waals surface area contributed by atoms with E-state index < -0.39 is 5.97 Å². The van der Waals surface area contributed by atoms with E-state index in [4.69, 9.17) is 9.15 Å². The van der Waals surface area contributed by atoms with Gasteiger partial charge in [0, 0.05) is 12.6 Å². The van der Waals surface area contributed by atoms with Crippen LogP contribution in [0.3, 0.4) is 0 Å². The fraction of sp³-hybridized carbons (Fsp3) is 0.222. The first-order valence-corrected chi connectivity index (χ1v) is 7.87. The monoisotopic (exact) mass is 354 g/mol. The lowest BCUT2D eigenvalue weighted by Crippen LogP contribution is -2.26. The van der Waals surface area contributed by atoms with Crippen LogP contribution in [0.2, 0.25) is 0 Å². The molecule has 0 aliphatic heterocycles. The van der Waals surface area contributed by atoms with Gasteiger partial charge in [-0.25, -0.2) is 14.5 Å². The van der Waals surface area contributed by atoms with Gasteiger partial charge in [-0.15, -0.1) is 0 Å². The molecule has 0 aliphatic carbocycles. The zero-order valence-electron chi connectivity index (χ0n) is 14.7. The average molecular weight is 354 g/mol. The summed E-state index contributed by atoms with van der Waals surface area (Å²) in [6, 6.07) is 8.63. The highest BCUT2D eigenvalue weighted by Crippen LogP contribution is 2.18. The Balaban J connectivity index is 1.71. The third kappa shape index (κ3) is 3.49. The Morgan fingerprint density at radius 3 is 2.62 bits per heavy atom. The minimum atomic E-state index is -0.463. The van der Waals surface area contributed by atoms with Crippen LogP contribution >= 0.6 is 0 Å². The lowest BCUT2D eigenvalue weighted by atomic mass is 10.2. The molecule has 0 N–H and O–H groups in total. The second-order valence-corrected chi connectivity index (χ2v) is 5.72. The maximum atomic E-state index is 12.6. The second kappa shape index (κ2) is 7.22. The molecule has 3 aromatic rings. The van der Waals surface area contributed by atoms with Crippen LogP contribution in [-0.2, 0) is 11.3 Å². The van der Waals surface area contributed by atoms with Crippen molar-refractivity contribution in [3.8, 4) is 5.69 Å². The van der Waals surface area contributed by atoms with Gasteiger partial charge in [0.15, 0.2) is 0 Å². The Morgan fingerprint density at radius 1 is 1.27 bits per heavy atom. The summed E-state index contributed by atoms with van der Waals surface area (Å²) in [6.45, 7) is 1.92. The number of hydrogen-bond acceptors (Lipinski definition) is 6. The number of nitrogens with zero attached hydrogens (tertiary/aromatic N) is 4. The van der Waals surface area contributed by atoms with Gasteiger partial charge in [-0.2, -0.15) is 5.10 Å². The van der Waals surface area contributed by atoms with E-state index in [0.29, 0.717) is 22.6 Å². The number of methoxy groups -OCH3 is 1. The fourth-order valence-electron chi connectivity index (χ4n) is 2.56. The van der Waals surface area contributed by atoms with Crippen LogP contribution in [0.5, 0.6) is 0 Å². The van der Waals surface area contributed by atoms with Crippen molar-refractivity contribution in [1.29, 1.82) is 0 Å². The normalized spacial score (nSPS) is 10.6. The summed E-state index contributed by atoms with van der Waals surface area (Å²) < 4.78 is 11.9. The number of ether oxygens (including phenoxy) is 1. The predicted octanol–water partition coefficient (Wildman–Crippen LogP) is 2.23. The zero-order valence-corrected chi connectivity index (χ0v) is 14.7. The summed E-state index contributed by atoms with van der Waals surface area (Å²) >= 11 is 0. The standard InChI is InChI=1S/C18H18N4O4/c1-12-16(18(24)25-3)8-15(26-12)9-21(2)17(23)13-4-6-14(7-5-13)22-11-19-10-20-22/h4-8,10-11H,9H2,1-3H3. The van der Waals surface area contributed by atoms with Crippen molar-refractivity contribution in [1.82, 2.24) is 19.7 Å². The highest BCUT2D eigenvalue weighted by molar-refractivity contribution is 5.94. The number of carbonyl (C=O) groups excluding carboxylic acids is 2. The van der Waals surface area contributed by atoms with E-state index in [1.165, 1.54) is 18.3 Å². The summed E-state index contributed by atoms with van der Waals surface area (Å²) in [6.07, 6.45) is 3.03. The van der Waals surface area contributed by atoms with Gasteiger partial charge in [-0.05, 0) is 37.3 Å². The van der Waals surface area contributed by atoms with Gasteiger partial charge in [0.2, 0.25) is 0 Å². The van der Waals surface area contributed by atoms with Gasteiger partial charge in [-0.3, -0.25) is 4.79 Å². The van der Waals surface area contributed by atoms with Crippen molar-refractivity contribution < 1.29 is 18.7 Å². The maximum Gasteiger partial charge on any atom is 0.341 e. The molecule has 3 rings (SSSR count). The number of benzene rings is 1. The summed E-state index contributed by atoms with van der Waals surface area (Å²) in [5.74, 6) is 0.349.